The number of carbonyl (C=O) groups is 2. The smallest absolute Gasteiger partial charge is 0.330 e. The molecule has 0 saturated carbocycles. The maximum atomic E-state index is 11.1. The number of carbonyl (C=O) groups excluding carboxylic acids is 2. The molecule has 4 nitrogen and oxygen atoms in total. The Morgan fingerprint density at radius 3 is 1.23 bits per heavy atom. The standard InChI is InChI=1S/C26H48O4/c1-2-3-4-5-6-7-8-9-10-11-12-13-14-15-16-17-18-19-20-21-24-30-26(29)23-22-25(27)28/h22-23H,2-21,24H2,1H3,(H,27,28)/p-1/b23-22+. The van der Waals surface area contributed by atoms with Gasteiger partial charge in [-0.2, -0.15) is 0 Å². The van der Waals surface area contributed by atoms with Gasteiger partial charge in [0, 0.05) is 6.08 Å². The second-order valence-electron chi connectivity index (χ2n) is 8.54. The van der Waals surface area contributed by atoms with E-state index in [1.54, 1.807) is 0 Å². The van der Waals surface area contributed by atoms with Gasteiger partial charge in [-0.15, -0.1) is 0 Å². The molecule has 0 saturated heterocycles. The first kappa shape index (κ1) is 28.7. The Kier molecular flexibility index (Phi) is 22.9. The van der Waals surface area contributed by atoms with E-state index in [0.717, 1.165) is 18.9 Å². The Morgan fingerprint density at radius 1 is 0.567 bits per heavy atom. The van der Waals surface area contributed by atoms with Crippen LogP contribution < -0.4 is 5.11 Å². The number of unbranched alkanes of at least 4 members (excludes halogenated alkanes) is 19. The molecule has 0 radical (unpaired) electrons. The monoisotopic (exact) mass is 423 g/mol. The van der Waals surface area contributed by atoms with Gasteiger partial charge in [0.1, 0.15) is 0 Å². The van der Waals surface area contributed by atoms with E-state index in [2.05, 4.69) is 6.92 Å². The van der Waals surface area contributed by atoms with Gasteiger partial charge in [0.25, 0.3) is 0 Å². The predicted octanol–water partition coefficient (Wildman–Crippen LogP) is 6.66. The summed E-state index contributed by atoms with van der Waals surface area (Å²) in [5.74, 6) is -2.00. The van der Waals surface area contributed by atoms with Crippen molar-refractivity contribution in [2.75, 3.05) is 6.61 Å². The summed E-state index contributed by atoms with van der Waals surface area (Å²) < 4.78 is 4.91. The van der Waals surface area contributed by atoms with Crippen LogP contribution in [-0.2, 0) is 14.3 Å². The van der Waals surface area contributed by atoms with Crippen LogP contribution in [0.5, 0.6) is 0 Å². The Labute approximate surface area is 185 Å². The molecule has 0 aliphatic rings. The van der Waals surface area contributed by atoms with E-state index in [1.807, 2.05) is 0 Å². The fourth-order valence-electron chi connectivity index (χ4n) is 3.71. The van der Waals surface area contributed by atoms with Gasteiger partial charge in [-0.1, -0.05) is 129 Å². The van der Waals surface area contributed by atoms with Crippen molar-refractivity contribution in [1.82, 2.24) is 0 Å². The second kappa shape index (κ2) is 24.0. The Bertz CT molecular complexity index is 417. The number of hydrogen-bond acceptors (Lipinski definition) is 4. The number of carboxylic acids is 1. The first-order valence-corrected chi connectivity index (χ1v) is 12.7. The summed E-state index contributed by atoms with van der Waals surface area (Å²) in [6, 6.07) is 0. The molecular weight excluding hydrogens is 376 g/mol. The fourth-order valence-corrected chi connectivity index (χ4v) is 3.71. The highest BCUT2D eigenvalue weighted by atomic mass is 16.5. The SMILES string of the molecule is CCCCCCCCCCCCCCCCCCCCCCOC(=O)/C=C/C(=O)[O-]. The third-order valence-electron chi connectivity index (χ3n) is 5.60. The summed E-state index contributed by atoms with van der Waals surface area (Å²) in [5, 5.41) is 10.2. The molecule has 0 aromatic heterocycles. The zero-order chi connectivity index (χ0) is 22.1. The van der Waals surface area contributed by atoms with E-state index in [0.29, 0.717) is 12.7 Å². The van der Waals surface area contributed by atoms with Crippen molar-refractivity contribution in [2.24, 2.45) is 0 Å². The minimum atomic E-state index is -1.38. The van der Waals surface area contributed by atoms with Gasteiger partial charge in [-0.25, -0.2) is 4.79 Å². The lowest BCUT2D eigenvalue weighted by Crippen LogP contribution is -2.19. The van der Waals surface area contributed by atoms with Crippen LogP contribution in [-0.4, -0.2) is 18.5 Å². The quantitative estimate of drug-likeness (QED) is 0.105. The molecule has 0 bridgehead atoms. The molecular formula is C26H47O4-. The maximum absolute atomic E-state index is 11.1. The summed E-state index contributed by atoms with van der Waals surface area (Å²) in [7, 11) is 0. The van der Waals surface area contributed by atoms with Crippen LogP contribution >= 0.6 is 0 Å². The van der Waals surface area contributed by atoms with E-state index in [4.69, 9.17) is 4.74 Å². The van der Waals surface area contributed by atoms with Crippen LogP contribution in [0.4, 0.5) is 0 Å². The van der Waals surface area contributed by atoms with Gasteiger partial charge in [0.15, 0.2) is 0 Å². The zero-order valence-electron chi connectivity index (χ0n) is 19.6. The number of hydrogen-bond donors (Lipinski definition) is 0. The van der Waals surface area contributed by atoms with Crippen LogP contribution in [0.3, 0.4) is 0 Å². The summed E-state index contributed by atoms with van der Waals surface area (Å²) in [6.07, 6.45) is 28.3. The van der Waals surface area contributed by atoms with Crippen molar-refractivity contribution in [3.05, 3.63) is 12.2 Å². The second-order valence-corrected chi connectivity index (χ2v) is 8.54. The topological polar surface area (TPSA) is 66.4 Å². The van der Waals surface area contributed by atoms with Gasteiger partial charge in [0.05, 0.1) is 12.6 Å². The van der Waals surface area contributed by atoms with Gasteiger partial charge < -0.3 is 14.6 Å². The number of aliphatic carboxylic acids is 1. The van der Waals surface area contributed by atoms with E-state index in [-0.39, 0.29) is 0 Å². The predicted molar refractivity (Wildman–Crippen MR) is 123 cm³/mol. The summed E-state index contributed by atoms with van der Waals surface area (Å²) in [4.78, 5) is 21.3. The maximum Gasteiger partial charge on any atom is 0.330 e. The van der Waals surface area contributed by atoms with Crippen LogP contribution in [0.1, 0.15) is 135 Å². The Morgan fingerprint density at radius 2 is 0.900 bits per heavy atom. The zero-order valence-corrected chi connectivity index (χ0v) is 19.6. The molecule has 0 aromatic carbocycles. The highest BCUT2D eigenvalue weighted by Gasteiger charge is 1.98. The van der Waals surface area contributed by atoms with Crippen molar-refractivity contribution >= 4 is 11.9 Å². The molecule has 0 aromatic rings. The lowest BCUT2D eigenvalue weighted by Gasteiger charge is -2.04. The fraction of sp³-hybridized carbons (Fsp3) is 0.846. The molecule has 0 aliphatic heterocycles. The molecule has 0 heterocycles. The summed E-state index contributed by atoms with van der Waals surface area (Å²) in [6.45, 7) is 2.63. The Balaban J connectivity index is 3.11. The largest absolute Gasteiger partial charge is 0.545 e. The van der Waals surface area contributed by atoms with E-state index in [9.17, 15) is 14.7 Å². The van der Waals surface area contributed by atoms with Crippen molar-refractivity contribution in [2.45, 2.75) is 135 Å². The lowest BCUT2D eigenvalue weighted by molar-refractivity contribution is -0.297. The van der Waals surface area contributed by atoms with Gasteiger partial charge >= 0.3 is 5.97 Å². The van der Waals surface area contributed by atoms with E-state index in [1.165, 1.54) is 116 Å². The van der Waals surface area contributed by atoms with Crippen LogP contribution in [0, 0.1) is 0 Å². The van der Waals surface area contributed by atoms with Gasteiger partial charge in [-0.3, -0.25) is 0 Å². The van der Waals surface area contributed by atoms with Gasteiger partial charge in [-0.05, 0) is 12.5 Å². The summed E-state index contributed by atoms with van der Waals surface area (Å²) in [5.41, 5.74) is 0. The molecule has 0 atom stereocenters. The molecule has 0 spiro atoms. The normalized spacial score (nSPS) is 11.2. The lowest BCUT2D eigenvalue weighted by atomic mass is 10.0. The highest BCUT2D eigenvalue weighted by molar-refractivity contribution is 5.89. The van der Waals surface area contributed by atoms with Crippen molar-refractivity contribution in [3.63, 3.8) is 0 Å². The number of ether oxygens (including phenoxy) is 1. The molecule has 176 valence electrons. The van der Waals surface area contributed by atoms with Crippen molar-refractivity contribution in [3.8, 4) is 0 Å². The summed E-state index contributed by atoms with van der Waals surface area (Å²) >= 11 is 0. The molecule has 0 N–H and O–H groups in total. The third kappa shape index (κ3) is 24.7. The molecule has 0 rings (SSSR count). The highest BCUT2D eigenvalue weighted by Crippen LogP contribution is 2.14. The number of carboxylic acid groups (broad SMARTS) is 1. The molecule has 0 fully saturated rings. The van der Waals surface area contributed by atoms with Crippen molar-refractivity contribution < 1.29 is 19.4 Å². The van der Waals surface area contributed by atoms with E-state index >= 15 is 0 Å². The minimum Gasteiger partial charge on any atom is -0.545 e. The van der Waals surface area contributed by atoms with Crippen molar-refractivity contribution in [1.29, 1.82) is 0 Å². The third-order valence-corrected chi connectivity index (χ3v) is 5.60. The Hall–Kier alpha value is -1.32. The van der Waals surface area contributed by atoms with Gasteiger partial charge in [0.2, 0.25) is 0 Å². The average Bonchev–Trinajstić information content (AvgIpc) is 2.73. The average molecular weight is 424 g/mol. The molecule has 30 heavy (non-hydrogen) atoms. The number of rotatable bonds is 23. The first-order chi connectivity index (χ1) is 14.7. The number of esters is 1. The van der Waals surface area contributed by atoms with E-state index < -0.39 is 11.9 Å². The molecule has 0 unspecified atom stereocenters. The molecule has 4 heteroatoms. The van der Waals surface area contributed by atoms with Crippen LogP contribution in [0.15, 0.2) is 12.2 Å². The molecule has 0 aliphatic carbocycles. The molecule has 0 amide bonds. The minimum absolute atomic E-state index is 0.356. The van der Waals surface area contributed by atoms with Crippen LogP contribution in [0.2, 0.25) is 0 Å². The van der Waals surface area contributed by atoms with Crippen LogP contribution in [0.25, 0.3) is 0 Å². The first-order valence-electron chi connectivity index (χ1n) is 12.7.